The lowest BCUT2D eigenvalue weighted by Crippen LogP contribution is -2.30. The van der Waals surface area contributed by atoms with Gasteiger partial charge in [-0.1, -0.05) is 0 Å². The summed E-state index contributed by atoms with van der Waals surface area (Å²) >= 11 is 1.59. The number of rotatable bonds is 3. The van der Waals surface area contributed by atoms with Gasteiger partial charge in [0.1, 0.15) is 0 Å². The summed E-state index contributed by atoms with van der Waals surface area (Å²) in [6.07, 6.45) is 1.17. The molecule has 19 heavy (non-hydrogen) atoms. The van der Waals surface area contributed by atoms with Crippen molar-refractivity contribution >= 4 is 27.5 Å². The molecule has 0 bridgehead atoms. The highest BCUT2D eigenvalue weighted by Crippen LogP contribution is 2.19. The zero-order valence-corrected chi connectivity index (χ0v) is 11.7. The van der Waals surface area contributed by atoms with Crippen LogP contribution in [0.3, 0.4) is 0 Å². The number of nitrogens with zero attached hydrogens (tertiary/aromatic N) is 2. The zero-order valence-electron chi connectivity index (χ0n) is 10.9. The van der Waals surface area contributed by atoms with Crippen LogP contribution in [-0.2, 0) is 0 Å². The first kappa shape index (κ1) is 12.6. The number of amides is 1. The summed E-state index contributed by atoms with van der Waals surface area (Å²) in [4.78, 5) is 18.6. The lowest BCUT2D eigenvalue weighted by molar-refractivity contribution is 0.0947. The Morgan fingerprint density at radius 3 is 3.26 bits per heavy atom. The van der Waals surface area contributed by atoms with Gasteiger partial charge in [0.15, 0.2) is 0 Å². The molecule has 100 valence electrons. The number of carbonyl (C=O) groups excluding carboxylic acids is 1. The normalized spacial score (nSPS) is 19.9. The molecule has 1 aliphatic heterocycles. The fourth-order valence-electron chi connectivity index (χ4n) is 2.53. The zero-order chi connectivity index (χ0) is 13.2. The van der Waals surface area contributed by atoms with E-state index in [0.717, 1.165) is 29.9 Å². The second-order valence-corrected chi connectivity index (χ2v) is 6.05. The Kier molecular flexibility index (Phi) is 3.48. The number of aromatic nitrogens is 1. The molecule has 0 spiro atoms. The minimum absolute atomic E-state index is 0.00412. The molecule has 0 saturated carbocycles. The van der Waals surface area contributed by atoms with Crippen molar-refractivity contribution in [3.05, 3.63) is 29.3 Å². The van der Waals surface area contributed by atoms with Crippen molar-refractivity contribution in [2.75, 3.05) is 26.7 Å². The molecule has 1 aromatic heterocycles. The summed E-state index contributed by atoms with van der Waals surface area (Å²) in [6, 6.07) is 5.70. The summed E-state index contributed by atoms with van der Waals surface area (Å²) in [5.74, 6) is 0.585. The highest BCUT2D eigenvalue weighted by atomic mass is 32.1. The van der Waals surface area contributed by atoms with Crippen LogP contribution in [0.5, 0.6) is 0 Å². The SMILES string of the molecule is CN1CCC(CNC(=O)c2ccc3scnc3c2)C1. The molecule has 4 nitrogen and oxygen atoms in total. The van der Waals surface area contributed by atoms with Crippen LogP contribution in [0.1, 0.15) is 16.8 Å². The Balaban J connectivity index is 1.63. The van der Waals surface area contributed by atoms with Crippen LogP contribution in [-0.4, -0.2) is 42.5 Å². The van der Waals surface area contributed by atoms with Crippen LogP contribution in [0, 0.1) is 5.92 Å². The van der Waals surface area contributed by atoms with Gasteiger partial charge < -0.3 is 10.2 Å². The number of fused-ring (bicyclic) bond motifs is 1. The van der Waals surface area contributed by atoms with Crippen molar-refractivity contribution < 1.29 is 4.79 Å². The quantitative estimate of drug-likeness (QED) is 0.931. The molecule has 0 aliphatic carbocycles. The topological polar surface area (TPSA) is 45.2 Å². The molecule has 1 saturated heterocycles. The van der Waals surface area contributed by atoms with Gasteiger partial charge in [-0.2, -0.15) is 0 Å². The molecule has 0 radical (unpaired) electrons. The highest BCUT2D eigenvalue weighted by molar-refractivity contribution is 7.16. The fraction of sp³-hybridized carbons (Fsp3) is 0.429. The van der Waals surface area contributed by atoms with E-state index in [1.165, 1.54) is 6.42 Å². The van der Waals surface area contributed by atoms with Gasteiger partial charge >= 0.3 is 0 Å². The van der Waals surface area contributed by atoms with Gasteiger partial charge in [0.25, 0.3) is 5.91 Å². The van der Waals surface area contributed by atoms with E-state index in [9.17, 15) is 4.79 Å². The van der Waals surface area contributed by atoms with Crippen LogP contribution in [0.4, 0.5) is 0 Å². The van der Waals surface area contributed by atoms with E-state index in [1.807, 2.05) is 18.2 Å². The molecule has 1 amide bonds. The molecule has 2 heterocycles. The largest absolute Gasteiger partial charge is 0.352 e. The van der Waals surface area contributed by atoms with Crippen LogP contribution >= 0.6 is 11.3 Å². The minimum atomic E-state index is 0.00412. The number of hydrogen-bond donors (Lipinski definition) is 1. The van der Waals surface area contributed by atoms with Gasteiger partial charge in [0, 0.05) is 18.7 Å². The lowest BCUT2D eigenvalue weighted by atomic mass is 10.1. The lowest BCUT2D eigenvalue weighted by Gasteiger charge is -2.11. The van der Waals surface area contributed by atoms with Crippen molar-refractivity contribution in [2.45, 2.75) is 6.42 Å². The third kappa shape index (κ3) is 2.77. The molecule has 1 atom stereocenters. The van der Waals surface area contributed by atoms with Crippen LogP contribution in [0.2, 0.25) is 0 Å². The molecule has 1 fully saturated rings. The van der Waals surface area contributed by atoms with Gasteiger partial charge in [-0.15, -0.1) is 11.3 Å². The first-order valence-electron chi connectivity index (χ1n) is 6.52. The first-order chi connectivity index (χ1) is 9.22. The Hall–Kier alpha value is -1.46. The van der Waals surface area contributed by atoms with Crippen LogP contribution in [0.15, 0.2) is 23.7 Å². The predicted molar refractivity (Wildman–Crippen MR) is 77.6 cm³/mol. The monoisotopic (exact) mass is 275 g/mol. The maximum absolute atomic E-state index is 12.1. The van der Waals surface area contributed by atoms with Gasteiger partial charge in [-0.05, 0) is 44.1 Å². The van der Waals surface area contributed by atoms with Crippen molar-refractivity contribution in [1.82, 2.24) is 15.2 Å². The average molecular weight is 275 g/mol. The standard InChI is InChI=1S/C14H17N3OS/c1-17-5-4-10(8-17)7-15-14(18)11-2-3-13-12(6-11)16-9-19-13/h2-3,6,9-10H,4-5,7-8H2,1H3,(H,15,18). The smallest absolute Gasteiger partial charge is 0.251 e. The van der Waals surface area contributed by atoms with Gasteiger partial charge in [0.2, 0.25) is 0 Å². The highest BCUT2D eigenvalue weighted by Gasteiger charge is 2.20. The Bertz CT molecular complexity index is 595. The molecule has 1 aromatic carbocycles. The molecule has 1 unspecified atom stereocenters. The fourth-order valence-corrected chi connectivity index (χ4v) is 3.19. The first-order valence-corrected chi connectivity index (χ1v) is 7.40. The summed E-state index contributed by atoms with van der Waals surface area (Å²) in [7, 11) is 2.12. The van der Waals surface area contributed by atoms with Gasteiger partial charge in [-0.25, -0.2) is 4.98 Å². The Labute approximate surface area is 116 Å². The maximum Gasteiger partial charge on any atom is 0.251 e. The van der Waals surface area contributed by atoms with Crippen molar-refractivity contribution in [3.8, 4) is 0 Å². The molecule has 2 aromatic rings. The van der Waals surface area contributed by atoms with Gasteiger partial charge in [-0.3, -0.25) is 4.79 Å². The predicted octanol–water partition coefficient (Wildman–Crippen LogP) is 1.98. The molecular formula is C14H17N3OS. The number of hydrogen-bond acceptors (Lipinski definition) is 4. The van der Waals surface area contributed by atoms with E-state index in [1.54, 1.807) is 16.8 Å². The van der Waals surface area contributed by atoms with E-state index in [0.29, 0.717) is 11.5 Å². The summed E-state index contributed by atoms with van der Waals surface area (Å²) in [5, 5.41) is 3.03. The third-order valence-electron chi connectivity index (χ3n) is 3.63. The van der Waals surface area contributed by atoms with E-state index in [4.69, 9.17) is 0 Å². The van der Waals surface area contributed by atoms with E-state index >= 15 is 0 Å². The molecule has 1 N–H and O–H groups in total. The number of carbonyl (C=O) groups is 1. The Morgan fingerprint density at radius 2 is 2.47 bits per heavy atom. The van der Waals surface area contributed by atoms with E-state index < -0.39 is 0 Å². The molecular weight excluding hydrogens is 258 g/mol. The second kappa shape index (κ2) is 5.27. The Morgan fingerprint density at radius 1 is 1.58 bits per heavy atom. The third-order valence-corrected chi connectivity index (χ3v) is 4.44. The second-order valence-electron chi connectivity index (χ2n) is 5.16. The molecule has 3 rings (SSSR count). The molecule has 5 heteroatoms. The van der Waals surface area contributed by atoms with E-state index in [-0.39, 0.29) is 5.91 Å². The number of likely N-dealkylation sites (tertiary alicyclic amines) is 1. The van der Waals surface area contributed by atoms with Crippen molar-refractivity contribution in [1.29, 1.82) is 0 Å². The number of benzene rings is 1. The van der Waals surface area contributed by atoms with Crippen LogP contribution in [0.25, 0.3) is 10.2 Å². The summed E-state index contributed by atoms with van der Waals surface area (Å²) < 4.78 is 1.12. The maximum atomic E-state index is 12.1. The molecule has 1 aliphatic rings. The summed E-state index contributed by atoms with van der Waals surface area (Å²) in [6.45, 7) is 2.97. The van der Waals surface area contributed by atoms with Crippen molar-refractivity contribution in [3.63, 3.8) is 0 Å². The number of nitrogens with one attached hydrogen (secondary N) is 1. The average Bonchev–Trinajstić information content (AvgIpc) is 3.03. The minimum Gasteiger partial charge on any atom is -0.352 e. The van der Waals surface area contributed by atoms with Crippen LogP contribution < -0.4 is 5.32 Å². The van der Waals surface area contributed by atoms with Gasteiger partial charge in [0.05, 0.1) is 15.7 Å². The summed E-state index contributed by atoms with van der Waals surface area (Å²) in [5.41, 5.74) is 3.41. The number of thiazole rings is 1. The van der Waals surface area contributed by atoms with Crippen molar-refractivity contribution in [2.24, 2.45) is 5.92 Å². The van der Waals surface area contributed by atoms with E-state index in [2.05, 4.69) is 22.2 Å².